The minimum atomic E-state index is -1.54. The van der Waals surface area contributed by atoms with Crippen molar-refractivity contribution < 1.29 is 19.6 Å². The van der Waals surface area contributed by atoms with Crippen molar-refractivity contribution in [2.75, 3.05) is 6.54 Å². The quantitative estimate of drug-likeness (QED) is 0.582. The molecule has 0 aliphatic heterocycles. The summed E-state index contributed by atoms with van der Waals surface area (Å²) < 4.78 is 0.707. The third kappa shape index (κ3) is 7.04. The molecule has 1 atom stereocenters. The van der Waals surface area contributed by atoms with Gasteiger partial charge in [-0.2, -0.15) is 0 Å². The summed E-state index contributed by atoms with van der Waals surface area (Å²) in [5, 5.41) is 21.5. The molecule has 1 rings (SSSR count). The highest BCUT2D eigenvalue weighted by molar-refractivity contribution is 9.10. The number of hydrogen-bond donors (Lipinski definition) is 3. The molecule has 0 unspecified atom stereocenters. The highest BCUT2D eigenvalue weighted by atomic mass is 79.9. The minimum absolute atomic E-state index is 0.00232. The van der Waals surface area contributed by atoms with E-state index in [1.165, 1.54) is 0 Å². The average Bonchev–Trinajstić information content (AvgIpc) is 2.46. The first kappa shape index (κ1) is 20.2. The van der Waals surface area contributed by atoms with Crippen LogP contribution >= 0.6 is 27.5 Å². The van der Waals surface area contributed by atoms with Crippen LogP contribution in [0.3, 0.4) is 0 Å². The van der Waals surface area contributed by atoms with Crippen LogP contribution in [0.25, 0.3) is 0 Å². The van der Waals surface area contributed by atoms with Gasteiger partial charge in [-0.05, 0) is 30.5 Å². The van der Waals surface area contributed by atoms with Crippen molar-refractivity contribution >= 4 is 46.3 Å². The molecule has 3 N–H and O–H groups in total. The molecule has 0 aliphatic rings. The Hall–Kier alpha value is -0.885. The Morgan fingerprint density at radius 3 is 2.57 bits per heavy atom. The van der Waals surface area contributed by atoms with E-state index >= 15 is 0 Å². The first-order valence-corrected chi connectivity index (χ1v) is 8.49. The summed E-state index contributed by atoms with van der Waals surface area (Å²) in [7, 11) is -1.54. The van der Waals surface area contributed by atoms with E-state index in [-0.39, 0.29) is 30.2 Å². The molecule has 1 aromatic carbocycles. The fourth-order valence-corrected chi connectivity index (χ4v) is 2.79. The van der Waals surface area contributed by atoms with Gasteiger partial charge in [-0.1, -0.05) is 41.4 Å². The van der Waals surface area contributed by atoms with E-state index in [9.17, 15) is 19.6 Å². The van der Waals surface area contributed by atoms with Crippen LogP contribution in [0, 0.1) is 5.92 Å². The first-order valence-electron chi connectivity index (χ1n) is 7.31. The number of carbonyl (C=O) groups is 2. The molecule has 1 amide bonds. The van der Waals surface area contributed by atoms with Gasteiger partial charge in [0.1, 0.15) is 0 Å². The zero-order chi connectivity index (χ0) is 17.6. The Bertz CT molecular complexity index is 568. The number of Topliss-reactive ketones (excluding diaryl/α,β-unsaturated/α-hetero) is 1. The number of hydrogen-bond acceptors (Lipinski definition) is 4. The Labute approximate surface area is 149 Å². The molecule has 23 heavy (non-hydrogen) atoms. The van der Waals surface area contributed by atoms with Gasteiger partial charge >= 0.3 is 7.12 Å². The van der Waals surface area contributed by atoms with Crippen LogP contribution in [0.1, 0.15) is 37.0 Å². The summed E-state index contributed by atoms with van der Waals surface area (Å²) in [5.41, 5.74) is 0.273. The molecule has 126 valence electrons. The molecule has 0 saturated heterocycles. The Balaban J connectivity index is 2.58. The van der Waals surface area contributed by atoms with Gasteiger partial charge in [-0.15, -0.1) is 0 Å². The minimum Gasteiger partial charge on any atom is -0.427 e. The molecule has 8 heteroatoms. The number of nitrogens with one attached hydrogen (secondary N) is 1. The molecule has 0 fully saturated rings. The Morgan fingerprint density at radius 1 is 1.35 bits per heavy atom. The monoisotopic (exact) mass is 403 g/mol. The first-order chi connectivity index (χ1) is 10.7. The van der Waals surface area contributed by atoms with E-state index in [1.807, 2.05) is 13.8 Å². The summed E-state index contributed by atoms with van der Waals surface area (Å²) in [6, 6.07) is 4.87. The Kier molecular flexibility index (Phi) is 8.26. The summed E-state index contributed by atoms with van der Waals surface area (Å²) in [6.45, 7) is 3.71. The van der Waals surface area contributed by atoms with E-state index in [0.717, 1.165) is 0 Å². The number of rotatable bonds is 8. The van der Waals surface area contributed by atoms with Crippen LogP contribution in [-0.4, -0.2) is 35.4 Å². The fraction of sp³-hybridized carbons (Fsp3) is 0.467. The highest BCUT2D eigenvalue weighted by Crippen LogP contribution is 2.23. The van der Waals surface area contributed by atoms with Crippen molar-refractivity contribution in [1.29, 1.82) is 0 Å². The van der Waals surface area contributed by atoms with Gasteiger partial charge in [0.2, 0.25) is 0 Å². The largest absolute Gasteiger partial charge is 0.455 e. The van der Waals surface area contributed by atoms with E-state index < -0.39 is 18.8 Å². The lowest BCUT2D eigenvalue weighted by molar-refractivity contribution is -0.118. The fourth-order valence-electron chi connectivity index (χ4n) is 2.23. The standard InChI is InChI=1S/C15H20BBrClNO4/c1-9(2)5-10(16(22)23)6-12(20)8-19-15(21)13-7-11(17)3-4-14(13)18/h3-4,7,9-10,22-23H,5-6,8H2,1-2H3,(H,19,21)/t10-/m1/s1. The third-order valence-corrected chi connectivity index (χ3v) is 4.13. The van der Waals surface area contributed by atoms with Crippen molar-refractivity contribution in [3.05, 3.63) is 33.3 Å². The lowest BCUT2D eigenvalue weighted by Gasteiger charge is -2.17. The van der Waals surface area contributed by atoms with Gasteiger partial charge in [-0.25, -0.2) is 0 Å². The summed E-state index contributed by atoms with van der Waals surface area (Å²) in [4.78, 5) is 24.0. The van der Waals surface area contributed by atoms with Crippen LogP contribution in [0.2, 0.25) is 10.8 Å². The summed E-state index contributed by atoms with van der Waals surface area (Å²) in [5.74, 6) is -1.00. The number of ketones is 1. The van der Waals surface area contributed by atoms with E-state index in [0.29, 0.717) is 15.9 Å². The van der Waals surface area contributed by atoms with E-state index in [2.05, 4.69) is 21.2 Å². The van der Waals surface area contributed by atoms with Crippen molar-refractivity contribution in [3.8, 4) is 0 Å². The maximum atomic E-state index is 12.1. The van der Waals surface area contributed by atoms with Gasteiger partial charge < -0.3 is 15.4 Å². The number of halogens is 2. The lowest BCUT2D eigenvalue weighted by atomic mass is 9.66. The maximum absolute atomic E-state index is 12.1. The van der Waals surface area contributed by atoms with Crippen LogP contribution in [-0.2, 0) is 4.79 Å². The molecular weight excluding hydrogens is 384 g/mol. The molecule has 0 spiro atoms. The zero-order valence-electron chi connectivity index (χ0n) is 13.1. The van der Waals surface area contributed by atoms with Crippen molar-refractivity contribution in [3.63, 3.8) is 0 Å². The molecular formula is C15H20BBrClNO4. The van der Waals surface area contributed by atoms with Crippen LogP contribution in [0.4, 0.5) is 0 Å². The normalized spacial score (nSPS) is 12.1. The SMILES string of the molecule is CC(C)C[C@H](CC(=O)CNC(=O)c1cc(Br)ccc1Cl)B(O)O. The second kappa shape index (κ2) is 9.42. The lowest BCUT2D eigenvalue weighted by Crippen LogP contribution is -2.32. The smallest absolute Gasteiger partial charge is 0.427 e. The maximum Gasteiger partial charge on any atom is 0.455 e. The second-order valence-corrected chi connectivity index (χ2v) is 7.18. The average molecular weight is 404 g/mol. The van der Waals surface area contributed by atoms with Crippen LogP contribution in [0.15, 0.2) is 22.7 Å². The molecule has 0 bridgehead atoms. The zero-order valence-corrected chi connectivity index (χ0v) is 15.4. The number of benzene rings is 1. The molecule has 0 radical (unpaired) electrons. The van der Waals surface area contributed by atoms with Crippen molar-refractivity contribution in [2.45, 2.75) is 32.5 Å². The van der Waals surface area contributed by atoms with Gasteiger partial charge in [-0.3, -0.25) is 9.59 Å². The van der Waals surface area contributed by atoms with E-state index in [4.69, 9.17) is 11.6 Å². The molecule has 5 nitrogen and oxygen atoms in total. The molecule has 0 saturated carbocycles. The highest BCUT2D eigenvalue weighted by Gasteiger charge is 2.26. The number of carbonyl (C=O) groups excluding carboxylic acids is 2. The molecule has 0 aromatic heterocycles. The molecule has 1 aromatic rings. The van der Waals surface area contributed by atoms with E-state index in [1.54, 1.807) is 18.2 Å². The summed E-state index contributed by atoms with van der Waals surface area (Å²) >= 11 is 9.21. The number of amides is 1. The van der Waals surface area contributed by atoms with Crippen LogP contribution < -0.4 is 5.32 Å². The predicted octanol–water partition coefficient (Wildman–Crippen LogP) is 2.68. The predicted molar refractivity (Wildman–Crippen MR) is 94.5 cm³/mol. The van der Waals surface area contributed by atoms with Gasteiger partial charge in [0, 0.05) is 16.7 Å². The van der Waals surface area contributed by atoms with Gasteiger partial charge in [0.15, 0.2) is 5.78 Å². The Morgan fingerprint density at radius 2 is 2.00 bits per heavy atom. The summed E-state index contributed by atoms with van der Waals surface area (Å²) in [6.07, 6.45) is 0.525. The third-order valence-electron chi connectivity index (χ3n) is 3.30. The van der Waals surface area contributed by atoms with Crippen molar-refractivity contribution in [1.82, 2.24) is 5.32 Å². The molecule has 0 aliphatic carbocycles. The van der Waals surface area contributed by atoms with Crippen molar-refractivity contribution in [2.24, 2.45) is 5.92 Å². The van der Waals surface area contributed by atoms with Crippen LogP contribution in [0.5, 0.6) is 0 Å². The topological polar surface area (TPSA) is 86.6 Å². The molecule has 0 heterocycles. The van der Waals surface area contributed by atoms with Gasteiger partial charge in [0.25, 0.3) is 5.91 Å². The van der Waals surface area contributed by atoms with Gasteiger partial charge in [0.05, 0.1) is 17.1 Å². The second-order valence-electron chi connectivity index (χ2n) is 5.85.